The molecule has 0 aliphatic heterocycles. The van der Waals surface area contributed by atoms with Crippen LogP contribution in [0.5, 0.6) is 5.75 Å². The number of halogens is 3. The molecule has 0 amide bonds. The molecule has 0 atom stereocenters. The fraction of sp³-hybridized carbons (Fsp3) is 0.455. The summed E-state index contributed by atoms with van der Waals surface area (Å²) in [5.41, 5.74) is -0.789. The van der Waals surface area contributed by atoms with Crippen LogP contribution in [-0.4, -0.2) is 27.0 Å². The van der Waals surface area contributed by atoms with E-state index >= 15 is 0 Å². The molecule has 18 heavy (non-hydrogen) atoms. The maximum absolute atomic E-state index is 12.4. The first-order chi connectivity index (χ1) is 8.18. The van der Waals surface area contributed by atoms with E-state index in [9.17, 15) is 21.6 Å². The third-order valence-electron chi connectivity index (χ3n) is 2.09. The fourth-order valence-electron chi connectivity index (χ4n) is 1.27. The van der Waals surface area contributed by atoms with Crippen molar-refractivity contribution in [2.24, 2.45) is 0 Å². The highest BCUT2D eigenvalue weighted by Gasteiger charge is 2.30. The summed E-state index contributed by atoms with van der Waals surface area (Å²) in [6, 6.07) is 4.48. The van der Waals surface area contributed by atoms with Gasteiger partial charge < -0.3 is 4.74 Å². The van der Waals surface area contributed by atoms with Crippen molar-refractivity contribution in [3.8, 4) is 5.75 Å². The SMILES string of the molecule is CS(=O)(=O)CCCOc1cccc(C(F)(F)F)c1. The first kappa shape index (κ1) is 14.8. The largest absolute Gasteiger partial charge is 0.494 e. The molecule has 0 aliphatic carbocycles. The molecule has 0 fully saturated rings. The summed E-state index contributed by atoms with van der Waals surface area (Å²) < 4.78 is 63.9. The standard InChI is InChI=1S/C11H13F3O3S/c1-18(15,16)7-3-6-17-10-5-2-4-9(8-10)11(12,13)14/h2,4-5,8H,3,6-7H2,1H3. The second kappa shape index (κ2) is 5.60. The van der Waals surface area contributed by atoms with Crippen LogP contribution in [0.2, 0.25) is 0 Å². The summed E-state index contributed by atoms with van der Waals surface area (Å²) in [7, 11) is -3.07. The van der Waals surface area contributed by atoms with Gasteiger partial charge in [0, 0.05) is 6.26 Å². The maximum Gasteiger partial charge on any atom is 0.416 e. The fourth-order valence-corrected chi connectivity index (χ4v) is 1.92. The molecule has 102 valence electrons. The zero-order valence-corrected chi connectivity index (χ0v) is 10.5. The van der Waals surface area contributed by atoms with Crippen LogP contribution in [-0.2, 0) is 16.0 Å². The third-order valence-corrected chi connectivity index (χ3v) is 3.12. The highest BCUT2D eigenvalue weighted by molar-refractivity contribution is 7.90. The first-order valence-corrected chi connectivity index (χ1v) is 7.22. The Labute approximate surface area is 103 Å². The summed E-state index contributed by atoms with van der Waals surface area (Å²) in [6.45, 7) is 0.0639. The van der Waals surface area contributed by atoms with Crippen molar-refractivity contribution >= 4 is 9.84 Å². The van der Waals surface area contributed by atoms with Crippen LogP contribution >= 0.6 is 0 Å². The molecule has 3 nitrogen and oxygen atoms in total. The monoisotopic (exact) mass is 282 g/mol. The number of ether oxygens (including phenoxy) is 1. The smallest absolute Gasteiger partial charge is 0.416 e. The quantitative estimate of drug-likeness (QED) is 0.779. The number of hydrogen-bond donors (Lipinski definition) is 0. The minimum absolute atomic E-state index is 0.0496. The number of sulfone groups is 1. The van der Waals surface area contributed by atoms with Gasteiger partial charge in [0.2, 0.25) is 0 Å². The van der Waals surface area contributed by atoms with E-state index in [1.165, 1.54) is 12.1 Å². The summed E-state index contributed by atoms with van der Waals surface area (Å²) in [6.07, 6.45) is -3.07. The Kier molecular flexibility index (Phi) is 4.61. The Balaban J connectivity index is 2.53. The van der Waals surface area contributed by atoms with Gasteiger partial charge in [-0.3, -0.25) is 0 Å². The number of rotatable bonds is 5. The molecule has 0 unspecified atom stereocenters. The highest BCUT2D eigenvalue weighted by Crippen LogP contribution is 2.31. The first-order valence-electron chi connectivity index (χ1n) is 5.16. The lowest BCUT2D eigenvalue weighted by molar-refractivity contribution is -0.137. The molecule has 7 heteroatoms. The molecule has 0 aliphatic rings. The van der Waals surface area contributed by atoms with Gasteiger partial charge in [0.15, 0.2) is 0 Å². The summed E-state index contributed by atoms with van der Waals surface area (Å²) in [5, 5.41) is 0. The molecule has 0 heterocycles. The van der Waals surface area contributed by atoms with Gasteiger partial charge in [-0.05, 0) is 24.6 Å². The van der Waals surface area contributed by atoms with Crippen molar-refractivity contribution in [1.82, 2.24) is 0 Å². The molecule has 0 aromatic heterocycles. The van der Waals surface area contributed by atoms with Gasteiger partial charge in [-0.1, -0.05) is 6.07 Å². The lowest BCUT2D eigenvalue weighted by atomic mass is 10.2. The molecule has 0 N–H and O–H groups in total. The van der Waals surface area contributed by atoms with Crippen molar-refractivity contribution in [2.75, 3.05) is 18.6 Å². The number of benzene rings is 1. The average molecular weight is 282 g/mol. The molecule has 1 aromatic carbocycles. The average Bonchev–Trinajstić information content (AvgIpc) is 2.22. The van der Waals surface area contributed by atoms with Crippen LogP contribution in [0.15, 0.2) is 24.3 Å². The normalized spacial score (nSPS) is 12.4. The molecular weight excluding hydrogens is 269 g/mol. The molecular formula is C11H13F3O3S. The van der Waals surface area contributed by atoms with Crippen molar-refractivity contribution < 1.29 is 26.3 Å². The lowest BCUT2D eigenvalue weighted by Gasteiger charge is -2.09. The minimum atomic E-state index is -4.41. The van der Waals surface area contributed by atoms with Crippen molar-refractivity contribution in [3.05, 3.63) is 29.8 Å². The van der Waals surface area contributed by atoms with E-state index < -0.39 is 21.6 Å². The van der Waals surface area contributed by atoms with E-state index in [2.05, 4.69) is 0 Å². The van der Waals surface area contributed by atoms with Crippen molar-refractivity contribution in [1.29, 1.82) is 0 Å². The van der Waals surface area contributed by atoms with Gasteiger partial charge in [0.1, 0.15) is 15.6 Å². The molecule has 0 spiro atoms. The molecule has 0 radical (unpaired) electrons. The van der Waals surface area contributed by atoms with E-state index in [1.54, 1.807) is 0 Å². The Morgan fingerprint density at radius 3 is 2.50 bits per heavy atom. The van der Waals surface area contributed by atoms with Crippen LogP contribution in [0.4, 0.5) is 13.2 Å². The Bertz CT molecular complexity index is 495. The predicted molar refractivity (Wildman–Crippen MR) is 61.3 cm³/mol. The third kappa shape index (κ3) is 5.39. The maximum atomic E-state index is 12.4. The van der Waals surface area contributed by atoms with E-state index in [-0.39, 0.29) is 24.5 Å². The van der Waals surface area contributed by atoms with Crippen LogP contribution in [0.1, 0.15) is 12.0 Å². The van der Waals surface area contributed by atoms with Crippen LogP contribution < -0.4 is 4.74 Å². The Morgan fingerprint density at radius 2 is 1.94 bits per heavy atom. The molecule has 1 rings (SSSR count). The number of hydrogen-bond acceptors (Lipinski definition) is 3. The van der Waals surface area contributed by atoms with E-state index in [0.717, 1.165) is 18.4 Å². The number of alkyl halides is 3. The van der Waals surface area contributed by atoms with Crippen molar-refractivity contribution in [3.63, 3.8) is 0 Å². The summed E-state index contributed by atoms with van der Waals surface area (Å²) >= 11 is 0. The van der Waals surface area contributed by atoms with Crippen LogP contribution in [0.3, 0.4) is 0 Å². The highest BCUT2D eigenvalue weighted by atomic mass is 32.2. The van der Waals surface area contributed by atoms with Gasteiger partial charge in [-0.15, -0.1) is 0 Å². The molecule has 0 bridgehead atoms. The zero-order chi connectivity index (χ0) is 13.8. The van der Waals surface area contributed by atoms with Crippen LogP contribution in [0, 0.1) is 0 Å². The van der Waals surface area contributed by atoms with Gasteiger partial charge in [0.05, 0.1) is 17.9 Å². The Hall–Kier alpha value is -1.24. The predicted octanol–water partition coefficient (Wildman–Crippen LogP) is 2.52. The minimum Gasteiger partial charge on any atom is -0.494 e. The molecule has 0 saturated carbocycles. The van der Waals surface area contributed by atoms with Crippen LogP contribution in [0.25, 0.3) is 0 Å². The molecule has 0 saturated heterocycles. The topological polar surface area (TPSA) is 43.4 Å². The van der Waals surface area contributed by atoms with E-state index in [0.29, 0.717) is 0 Å². The Morgan fingerprint density at radius 1 is 1.28 bits per heavy atom. The van der Waals surface area contributed by atoms with Gasteiger partial charge in [0.25, 0.3) is 0 Å². The molecule has 1 aromatic rings. The van der Waals surface area contributed by atoms with Gasteiger partial charge in [-0.25, -0.2) is 8.42 Å². The van der Waals surface area contributed by atoms with E-state index in [1.807, 2.05) is 0 Å². The second-order valence-corrected chi connectivity index (χ2v) is 6.12. The zero-order valence-electron chi connectivity index (χ0n) is 9.70. The van der Waals surface area contributed by atoms with Gasteiger partial charge in [-0.2, -0.15) is 13.2 Å². The second-order valence-electron chi connectivity index (χ2n) is 3.86. The summed E-state index contributed by atoms with van der Waals surface area (Å²) in [4.78, 5) is 0. The van der Waals surface area contributed by atoms with Gasteiger partial charge >= 0.3 is 6.18 Å². The van der Waals surface area contributed by atoms with E-state index in [4.69, 9.17) is 4.74 Å². The lowest BCUT2D eigenvalue weighted by Crippen LogP contribution is -2.09. The summed E-state index contributed by atoms with van der Waals surface area (Å²) in [5.74, 6) is 0.0321. The van der Waals surface area contributed by atoms with Crippen molar-refractivity contribution in [2.45, 2.75) is 12.6 Å².